The van der Waals surface area contributed by atoms with Crippen molar-refractivity contribution in [3.8, 4) is 6.07 Å². The number of aliphatic hydroxyl groups is 1. The summed E-state index contributed by atoms with van der Waals surface area (Å²) in [6.07, 6.45) is 4.18. The third-order valence-electron chi connectivity index (χ3n) is 3.96. The molecule has 1 aliphatic carbocycles. The summed E-state index contributed by atoms with van der Waals surface area (Å²) in [6, 6.07) is 8.70. The number of halogens is 1. The summed E-state index contributed by atoms with van der Waals surface area (Å²) in [5.74, 6) is -0.303. The van der Waals surface area contributed by atoms with Crippen molar-refractivity contribution < 1.29 is 9.50 Å². The van der Waals surface area contributed by atoms with Crippen molar-refractivity contribution in [3.05, 3.63) is 35.6 Å². The predicted molar refractivity (Wildman–Crippen MR) is 67.2 cm³/mol. The maximum Gasteiger partial charge on any atom is 0.126 e. The van der Waals surface area contributed by atoms with Gasteiger partial charge in [0.15, 0.2) is 0 Å². The first kappa shape index (κ1) is 13.0. The van der Waals surface area contributed by atoms with Gasteiger partial charge in [-0.2, -0.15) is 5.26 Å². The van der Waals surface area contributed by atoms with E-state index >= 15 is 0 Å². The lowest BCUT2D eigenvalue weighted by Gasteiger charge is -2.39. The number of hydrogen-bond donors (Lipinski definition) is 1. The van der Waals surface area contributed by atoms with Crippen LogP contribution in [0.15, 0.2) is 24.3 Å². The molecule has 1 aliphatic rings. The molecule has 0 heterocycles. The fourth-order valence-corrected chi connectivity index (χ4v) is 2.90. The van der Waals surface area contributed by atoms with E-state index in [4.69, 9.17) is 5.26 Å². The fourth-order valence-electron chi connectivity index (χ4n) is 2.90. The smallest absolute Gasteiger partial charge is 0.126 e. The highest BCUT2D eigenvalue weighted by Crippen LogP contribution is 2.38. The van der Waals surface area contributed by atoms with Crippen LogP contribution in [0.1, 0.15) is 37.7 Å². The third-order valence-corrected chi connectivity index (χ3v) is 3.96. The zero-order chi connectivity index (χ0) is 13.0. The monoisotopic (exact) mass is 247 g/mol. The van der Waals surface area contributed by atoms with E-state index in [0.29, 0.717) is 24.8 Å². The Bertz CT molecular complexity index is 454. The maximum atomic E-state index is 13.7. The Kier molecular flexibility index (Phi) is 3.98. The van der Waals surface area contributed by atoms with Gasteiger partial charge in [0.1, 0.15) is 5.82 Å². The van der Waals surface area contributed by atoms with Crippen LogP contribution in [0.3, 0.4) is 0 Å². The van der Waals surface area contributed by atoms with Crippen LogP contribution in [0.25, 0.3) is 0 Å². The Balaban J connectivity index is 2.19. The van der Waals surface area contributed by atoms with Gasteiger partial charge in [0.05, 0.1) is 11.7 Å². The molecule has 2 rings (SSSR count). The van der Waals surface area contributed by atoms with Gasteiger partial charge in [0.2, 0.25) is 0 Å². The zero-order valence-electron chi connectivity index (χ0n) is 10.4. The molecule has 0 bridgehead atoms. The summed E-state index contributed by atoms with van der Waals surface area (Å²) < 4.78 is 13.7. The molecule has 0 aromatic heterocycles. The highest BCUT2D eigenvalue weighted by molar-refractivity contribution is 5.20. The topological polar surface area (TPSA) is 44.0 Å². The molecule has 0 aliphatic heterocycles. The van der Waals surface area contributed by atoms with E-state index in [9.17, 15) is 9.50 Å². The van der Waals surface area contributed by atoms with Gasteiger partial charge in [-0.25, -0.2) is 4.39 Å². The van der Waals surface area contributed by atoms with Crippen molar-refractivity contribution in [2.45, 2.75) is 44.1 Å². The van der Waals surface area contributed by atoms with Gasteiger partial charge in [-0.3, -0.25) is 0 Å². The summed E-state index contributed by atoms with van der Waals surface area (Å²) in [4.78, 5) is 0. The Hall–Kier alpha value is -1.40. The van der Waals surface area contributed by atoms with Gasteiger partial charge < -0.3 is 5.11 Å². The second kappa shape index (κ2) is 5.49. The first-order valence-electron chi connectivity index (χ1n) is 6.48. The molecule has 1 aromatic carbocycles. The summed E-state index contributed by atoms with van der Waals surface area (Å²) in [5.41, 5.74) is -0.374. The van der Waals surface area contributed by atoms with E-state index in [0.717, 1.165) is 19.3 Å². The molecule has 0 amide bonds. The second-order valence-corrected chi connectivity index (χ2v) is 5.18. The average Bonchev–Trinajstić information content (AvgIpc) is 2.36. The fraction of sp³-hybridized carbons (Fsp3) is 0.533. The van der Waals surface area contributed by atoms with Crippen LogP contribution in [-0.2, 0) is 6.42 Å². The molecular weight excluding hydrogens is 229 g/mol. The summed E-state index contributed by atoms with van der Waals surface area (Å²) in [6.45, 7) is 0. The molecule has 3 heteroatoms. The molecule has 18 heavy (non-hydrogen) atoms. The molecule has 0 spiro atoms. The normalized spacial score (nSPS) is 27.7. The molecule has 1 aromatic rings. The summed E-state index contributed by atoms with van der Waals surface area (Å²) >= 11 is 0. The van der Waals surface area contributed by atoms with E-state index in [1.807, 2.05) is 0 Å². The Labute approximate surface area is 107 Å². The predicted octanol–water partition coefficient (Wildman–Crippen LogP) is 3.20. The van der Waals surface area contributed by atoms with E-state index in [2.05, 4.69) is 6.07 Å². The van der Waals surface area contributed by atoms with Crippen LogP contribution in [-0.4, -0.2) is 10.7 Å². The van der Waals surface area contributed by atoms with Gasteiger partial charge in [-0.1, -0.05) is 31.0 Å². The van der Waals surface area contributed by atoms with Crippen LogP contribution in [0.4, 0.5) is 4.39 Å². The van der Waals surface area contributed by atoms with Gasteiger partial charge in [-0.15, -0.1) is 0 Å². The van der Waals surface area contributed by atoms with Crippen molar-refractivity contribution in [2.24, 2.45) is 5.92 Å². The van der Waals surface area contributed by atoms with Crippen molar-refractivity contribution in [1.29, 1.82) is 5.26 Å². The standard InChI is InChI=1S/C15H18FNO/c16-14-7-2-1-5-12(14)11-15(18)9-4-3-6-13(15)8-10-17/h1-2,5,7,13,18H,3-4,6,8-9,11H2. The molecule has 1 N–H and O–H groups in total. The highest BCUT2D eigenvalue weighted by atomic mass is 19.1. The van der Waals surface area contributed by atoms with Crippen LogP contribution in [0.2, 0.25) is 0 Å². The third kappa shape index (κ3) is 2.70. The van der Waals surface area contributed by atoms with Crippen molar-refractivity contribution in [3.63, 3.8) is 0 Å². The van der Waals surface area contributed by atoms with Crippen molar-refractivity contribution in [2.75, 3.05) is 0 Å². The minimum atomic E-state index is -0.920. The van der Waals surface area contributed by atoms with E-state index < -0.39 is 5.60 Å². The second-order valence-electron chi connectivity index (χ2n) is 5.18. The number of nitriles is 1. The quantitative estimate of drug-likeness (QED) is 0.891. The maximum absolute atomic E-state index is 13.7. The van der Waals surface area contributed by atoms with E-state index in [-0.39, 0.29) is 11.7 Å². The molecule has 1 saturated carbocycles. The van der Waals surface area contributed by atoms with Crippen LogP contribution in [0.5, 0.6) is 0 Å². The minimum absolute atomic E-state index is 0.0316. The van der Waals surface area contributed by atoms with Crippen molar-refractivity contribution in [1.82, 2.24) is 0 Å². The average molecular weight is 247 g/mol. The van der Waals surface area contributed by atoms with Gasteiger partial charge in [0, 0.05) is 18.8 Å². The zero-order valence-corrected chi connectivity index (χ0v) is 10.4. The number of hydrogen-bond acceptors (Lipinski definition) is 2. The van der Waals surface area contributed by atoms with Gasteiger partial charge in [-0.05, 0) is 24.5 Å². The largest absolute Gasteiger partial charge is 0.389 e. The van der Waals surface area contributed by atoms with E-state index in [1.54, 1.807) is 18.2 Å². The molecule has 2 nitrogen and oxygen atoms in total. The first-order valence-corrected chi connectivity index (χ1v) is 6.48. The lowest BCUT2D eigenvalue weighted by molar-refractivity contribution is -0.0465. The Morgan fingerprint density at radius 1 is 1.39 bits per heavy atom. The number of nitrogens with zero attached hydrogens (tertiary/aromatic N) is 1. The summed E-state index contributed by atoms with van der Waals surface area (Å²) in [5, 5.41) is 19.6. The van der Waals surface area contributed by atoms with Crippen LogP contribution < -0.4 is 0 Å². The molecule has 1 fully saturated rings. The molecular formula is C15H18FNO. The molecule has 0 saturated heterocycles. The summed E-state index contributed by atoms with van der Waals surface area (Å²) in [7, 11) is 0. The SMILES string of the molecule is N#CCC1CCCCC1(O)Cc1ccccc1F. The molecule has 0 radical (unpaired) electrons. The lowest BCUT2D eigenvalue weighted by Crippen LogP contribution is -2.42. The van der Waals surface area contributed by atoms with Gasteiger partial charge >= 0.3 is 0 Å². The van der Waals surface area contributed by atoms with Crippen LogP contribution >= 0.6 is 0 Å². The molecule has 2 atom stereocenters. The minimum Gasteiger partial charge on any atom is -0.389 e. The molecule has 2 unspecified atom stereocenters. The Morgan fingerprint density at radius 3 is 2.89 bits per heavy atom. The Morgan fingerprint density at radius 2 is 2.17 bits per heavy atom. The number of rotatable bonds is 3. The van der Waals surface area contributed by atoms with Crippen LogP contribution in [0, 0.1) is 23.1 Å². The van der Waals surface area contributed by atoms with E-state index in [1.165, 1.54) is 6.07 Å². The first-order chi connectivity index (χ1) is 8.65. The molecule has 96 valence electrons. The van der Waals surface area contributed by atoms with Gasteiger partial charge in [0.25, 0.3) is 0 Å². The number of benzene rings is 1. The highest BCUT2D eigenvalue weighted by Gasteiger charge is 2.39. The van der Waals surface area contributed by atoms with Crippen molar-refractivity contribution >= 4 is 0 Å². The lowest BCUT2D eigenvalue weighted by atomic mass is 9.71.